The summed E-state index contributed by atoms with van der Waals surface area (Å²) in [5, 5.41) is 11.1. The molecule has 0 aliphatic heterocycles. The lowest BCUT2D eigenvalue weighted by molar-refractivity contribution is -0.136. The lowest BCUT2D eigenvalue weighted by Gasteiger charge is -2.29. The number of aromatic nitrogens is 1. The summed E-state index contributed by atoms with van der Waals surface area (Å²) in [7, 11) is 0. The Balaban J connectivity index is 1.87. The number of Topliss-reactive ketones (excluding diaryl/α,β-unsaturated/α-hetero) is 1. The highest BCUT2D eigenvalue weighted by Crippen LogP contribution is 2.33. The van der Waals surface area contributed by atoms with Crippen LogP contribution in [-0.2, 0) is 17.6 Å². The maximum absolute atomic E-state index is 14.0. The summed E-state index contributed by atoms with van der Waals surface area (Å²) in [5.74, 6) is -2.89. The van der Waals surface area contributed by atoms with Gasteiger partial charge in [0.1, 0.15) is 11.4 Å². The fourth-order valence-electron chi connectivity index (χ4n) is 3.33. The predicted molar refractivity (Wildman–Crippen MR) is 99.2 cm³/mol. The van der Waals surface area contributed by atoms with Gasteiger partial charge in [-0.05, 0) is 35.6 Å². The standard InChI is InChI=1S/C20H19FN2O5/c1-20(2)8-15-12(16(24)9-20)7-13(19(28)23-15)18(27)22-11-4-3-10(5-17(25)26)14(21)6-11/h3-4,6-7H,5,8-9H2,1-2H3,(H,22,27)(H,23,28)(H,25,26). The number of carboxylic acids is 1. The van der Waals surface area contributed by atoms with Gasteiger partial charge in [0.05, 0.1) is 6.42 Å². The Hall–Kier alpha value is -3.29. The molecule has 1 aromatic carbocycles. The van der Waals surface area contributed by atoms with Crippen LogP contribution in [0.5, 0.6) is 0 Å². The number of aliphatic carboxylic acids is 1. The molecule has 0 unspecified atom stereocenters. The van der Waals surface area contributed by atoms with E-state index in [0.717, 1.165) is 6.07 Å². The van der Waals surface area contributed by atoms with Crippen LogP contribution in [0, 0.1) is 11.2 Å². The first-order chi connectivity index (χ1) is 13.1. The largest absolute Gasteiger partial charge is 0.481 e. The number of hydrogen-bond acceptors (Lipinski definition) is 4. The molecular weight excluding hydrogens is 367 g/mol. The molecule has 1 aliphatic rings. The second-order valence-electron chi connectivity index (χ2n) is 7.68. The van der Waals surface area contributed by atoms with Crippen molar-refractivity contribution in [1.82, 2.24) is 4.98 Å². The first-order valence-electron chi connectivity index (χ1n) is 8.67. The molecule has 28 heavy (non-hydrogen) atoms. The van der Waals surface area contributed by atoms with Gasteiger partial charge in [0.2, 0.25) is 0 Å². The molecule has 146 valence electrons. The third kappa shape index (κ3) is 4.00. The summed E-state index contributed by atoms with van der Waals surface area (Å²) in [6.07, 6.45) is 0.341. The van der Waals surface area contributed by atoms with Gasteiger partial charge >= 0.3 is 5.97 Å². The molecule has 0 saturated carbocycles. The Morgan fingerprint density at radius 3 is 2.57 bits per heavy atom. The maximum Gasteiger partial charge on any atom is 0.307 e. The number of hydrogen-bond donors (Lipinski definition) is 3. The van der Waals surface area contributed by atoms with Crippen LogP contribution in [-0.4, -0.2) is 27.8 Å². The molecule has 1 heterocycles. The summed E-state index contributed by atoms with van der Waals surface area (Å²) < 4.78 is 14.0. The highest BCUT2D eigenvalue weighted by atomic mass is 19.1. The Bertz CT molecular complexity index is 1060. The zero-order chi connectivity index (χ0) is 20.6. The highest BCUT2D eigenvalue weighted by Gasteiger charge is 2.32. The van der Waals surface area contributed by atoms with Crippen LogP contribution in [0.4, 0.5) is 10.1 Å². The summed E-state index contributed by atoms with van der Waals surface area (Å²) in [4.78, 5) is 50.5. The van der Waals surface area contributed by atoms with Gasteiger partial charge in [-0.15, -0.1) is 0 Å². The summed E-state index contributed by atoms with van der Waals surface area (Å²) >= 11 is 0. The molecule has 1 aromatic heterocycles. The van der Waals surface area contributed by atoms with Crippen molar-refractivity contribution >= 4 is 23.3 Å². The molecule has 0 saturated heterocycles. The van der Waals surface area contributed by atoms with Crippen molar-refractivity contribution in [2.24, 2.45) is 5.41 Å². The molecule has 0 atom stereocenters. The normalized spacial score (nSPS) is 15.0. The van der Waals surface area contributed by atoms with Crippen molar-refractivity contribution in [2.45, 2.75) is 33.1 Å². The molecule has 0 spiro atoms. The number of rotatable bonds is 4. The Kier molecular flexibility index (Phi) is 4.89. The highest BCUT2D eigenvalue weighted by molar-refractivity contribution is 6.06. The van der Waals surface area contributed by atoms with Gasteiger partial charge in [0, 0.05) is 23.4 Å². The van der Waals surface area contributed by atoms with E-state index < -0.39 is 29.7 Å². The number of aromatic amines is 1. The number of carbonyl (C=O) groups excluding carboxylic acids is 2. The number of H-pyrrole nitrogens is 1. The van der Waals surface area contributed by atoms with Gasteiger partial charge in [-0.2, -0.15) is 0 Å². The van der Waals surface area contributed by atoms with Crippen molar-refractivity contribution in [3.05, 3.63) is 62.8 Å². The number of carbonyl (C=O) groups is 3. The number of anilines is 1. The quantitative estimate of drug-likeness (QED) is 0.747. The molecule has 0 radical (unpaired) electrons. The third-order valence-electron chi connectivity index (χ3n) is 4.61. The Labute approximate surface area is 159 Å². The summed E-state index contributed by atoms with van der Waals surface area (Å²) in [6, 6.07) is 4.86. The van der Waals surface area contributed by atoms with E-state index in [1.807, 2.05) is 13.8 Å². The van der Waals surface area contributed by atoms with Crippen LogP contribution >= 0.6 is 0 Å². The van der Waals surface area contributed by atoms with Crippen LogP contribution in [0.2, 0.25) is 0 Å². The van der Waals surface area contributed by atoms with Crippen LogP contribution in [0.1, 0.15) is 52.2 Å². The van der Waals surface area contributed by atoms with Crippen LogP contribution in [0.15, 0.2) is 29.1 Å². The molecule has 0 fully saturated rings. The number of carboxylic acid groups (broad SMARTS) is 1. The molecule has 8 heteroatoms. The number of nitrogens with one attached hydrogen (secondary N) is 2. The van der Waals surface area contributed by atoms with Crippen molar-refractivity contribution in [3.63, 3.8) is 0 Å². The molecule has 1 amide bonds. The topological polar surface area (TPSA) is 116 Å². The number of fused-ring (bicyclic) bond motifs is 1. The van der Waals surface area contributed by atoms with Gasteiger partial charge in [-0.25, -0.2) is 4.39 Å². The fourth-order valence-corrected chi connectivity index (χ4v) is 3.33. The third-order valence-corrected chi connectivity index (χ3v) is 4.61. The van der Waals surface area contributed by atoms with E-state index in [0.29, 0.717) is 24.1 Å². The molecule has 3 rings (SSSR count). The smallest absolute Gasteiger partial charge is 0.307 e. The number of ketones is 1. The summed E-state index contributed by atoms with van der Waals surface area (Å²) in [5.41, 5.74) is -0.288. The van der Waals surface area contributed by atoms with Gasteiger partial charge in [-0.3, -0.25) is 19.2 Å². The van der Waals surface area contributed by atoms with Gasteiger partial charge in [-0.1, -0.05) is 19.9 Å². The average molecular weight is 386 g/mol. The van der Waals surface area contributed by atoms with Crippen LogP contribution in [0.3, 0.4) is 0 Å². The Morgan fingerprint density at radius 2 is 1.93 bits per heavy atom. The molecule has 2 aromatic rings. The predicted octanol–water partition coefficient (Wildman–Crippen LogP) is 2.55. The van der Waals surface area contributed by atoms with Crippen molar-refractivity contribution < 1.29 is 23.9 Å². The summed E-state index contributed by atoms with van der Waals surface area (Å²) in [6.45, 7) is 3.85. The zero-order valence-electron chi connectivity index (χ0n) is 15.4. The molecule has 3 N–H and O–H groups in total. The van der Waals surface area contributed by atoms with E-state index in [9.17, 15) is 23.6 Å². The number of amides is 1. The molecular formula is C20H19FN2O5. The first kappa shape index (κ1) is 19.5. The van der Waals surface area contributed by atoms with Gasteiger partial charge in [0.15, 0.2) is 5.78 Å². The van der Waals surface area contributed by atoms with Crippen molar-refractivity contribution in [3.8, 4) is 0 Å². The molecule has 7 nitrogen and oxygen atoms in total. The minimum atomic E-state index is -1.18. The fraction of sp³-hybridized carbons (Fsp3) is 0.300. The van der Waals surface area contributed by atoms with Crippen LogP contribution < -0.4 is 10.9 Å². The van der Waals surface area contributed by atoms with Crippen molar-refractivity contribution in [1.29, 1.82) is 0 Å². The van der Waals surface area contributed by atoms with Crippen molar-refractivity contribution in [2.75, 3.05) is 5.32 Å². The minimum absolute atomic E-state index is 0.0228. The van der Waals surface area contributed by atoms with E-state index in [1.54, 1.807) is 0 Å². The monoisotopic (exact) mass is 386 g/mol. The average Bonchev–Trinajstić information content (AvgIpc) is 2.55. The van der Waals surface area contributed by atoms with Gasteiger partial charge < -0.3 is 15.4 Å². The van der Waals surface area contributed by atoms with E-state index in [2.05, 4.69) is 10.3 Å². The molecule has 0 bridgehead atoms. The van der Waals surface area contributed by atoms with Crippen LogP contribution in [0.25, 0.3) is 0 Å². The lowest BCUT2D eigenvalue weighted by Crippen LogP contribution is -2.32. The Morgan fingerprint density at radius 1 is 1.21 bits per heavy atom. The number of pyridine rings is 1. The number of halogens is 1. The van der Waals surface area contributed by atoms with E-state index >= 15 is 0 Å². The lowest BCUT2D eigenvalue weighted by atomic mass is 9.75. The van der Waals surface area contributed by atoms with E-state index in [4.69, 9.17) is 5.11 Å². The number of benzene rings is 1. The SMILES string of the molecule is CC1(C)CC(=O)c2cc(C(=O)Nc3ccc(CC(=O)O)c(F)c3)c(=O)[nH]c2C1. The first-order valence-corrected chi connectivity index (χ1v) is 8.67. The second-order valence-corrected chi connectivity index (χ2v) is 7.68. The molecule has 1 aliphatic carbocycles. The second kappa shape index (κ2) is 7.03. The minimum Gasteiger partial charge on any atom is -0.481 e. The van der Waals surface area contributed by atoms with E-state index in [1.165, 1.54) is 18.2 Å². The van der Waals surface area contributed by atoms with E-state index in [-0.39, 0.29) is 28.0 Å². The van der Waals surface area contributed by atoms with Gasteiger partial charge in [0.25, 0.3) is 11.5 Å². The zero-order valence-corrected chi connectivity index (χ0v) is 15.4. The maximum atomic E-state index is 14.0.